The molecule has 21 heavy (non-hydrogen) atoms. The average molecular weight is 295 g/mol. The van der Waals surface area contributed by atoms with Crippen molar-refractivity contribution in [3.05, 3.63) is 29.6 Å². The van der Waals surface area contributed by atoms with Crippen molar-refractivity contribution >= 4 is 23.7 Å². The maximum absolute atomic E-state index is 13.5. The molecule has 0 radical (unpaired) electrons. The van der Waals surface area contributed by atoms with Crippen LogP contribution in [0.15, 0.2) is 18.2 Å². The first kappa shape index (κ1) is 15.9. The van der Waals surface area contributed by atoms with E-state index < -0.39 is 36.2 Å². The van der Waals surface area contributed by atoms with Crippen LogP contribution in [-0.4, -0.2) is 34.2 Å². The Hall–Kier alpha value is -3.15. The van der Waals surface area contributed by atoms with Gasteiger partial charge in [-0.1, -0.05) is 0 Å². The lowest BCUT2D eigenvalue weighted by molar-refractivity contribution is -0.145. The van der Waals surface area contributed by atoms with Crippen molar-refractivity contribution in [2.24, 2.45) is 0 Å². The van der Waals surface area contributed by atoms with Gasteiger partial charge in [0.2, 0.25) is 0 Å². The zero-order valence-electron chi connectivity index (χ0n) is 10.5. The van der Waals surface area contributed by atoms with E-state index in [1.54, 1.807) is 6.07 Å². The highest BCUT2D eigenvalue weighted by molar-refractivity contribution is 5.93. The predicted octanol–water partition coefficient (Wildman–Crippen LogP) is 0.747. The molecular weight excluding hydrogens is 285 g/mol. The Morgan fingerprint density at radius 2 is 2.00 bits per heavy atom. The molecule has 1 rings (SSSR count). The van der Waals surface area contributed by atoms with Gasteiger partial charge in [0.05, 0.1) is 23.7 Å². The van der Waals surface area contributed by atoms with Crippen molar-refractivity contribution in [2.45, 2.75) is 12.5 Å². The molecule has 1 atom stereocenters. The Morgan fingerprint density at radius 3 is 2.48 bits per heavy atom. The number of amides is 2. The van der Waals surface area contributed by atoms with Crippen LogP contribution in [0.4, 0.5) is 14.9 Å². The molecule has 0 spiro atoms. The lowest BCUT2D eigenvalue weighted by Gasteiger charge is -2.13. The van der Waals surface area contributed by atoms with Crippen LogP contribution in [-0.2, 0) is 9.59 Å². The maximum atomic E-state index is 13.5. The second-order valence-electron chi connectivity index (χ2n) is 3.89. The number of nitrogens with zero attached hydrogens (tertiary/aromatic N) is 1. The van der Waals surface area contributed by atoms with E-state index in [4.69, 9.17) is 15.5 Å². The number of urea groups is 1. The smallest absolute Gasteiger partial charge is 0.326 e. The van der Waals surface area contributed by atoms with Gasteiger partial charge in [-0.25, -0.2) is 14.0 Å². The molecule has 8 nitrogen and oxygen atoms in total. The number of carboxylic acids is 2. The van der Waals surface area contributed by atoms with Gasteiger partial charge < -0.3 is 20.8 Å². The molecule has 110 valence electrons. The van der Waals surface area contributed by atoms with Crippen LogP contribution in [0.25, 0.3) is 0 Å². The van der Waals surface area contributed by atoms with Crippen LogP contribution in [0.3, 0.4) is 0 Å². The summed E-state index contributed by atoms with van der Waals surface area (Å²) in [6, 6.07) is 2.25. The summed E-state index contributed by atoms with van der Waals surface area (Å²) in [4.78, 5) is 32.7. The first-order valence-corrected chi connectivity index (χ1v) is 5.55. The maximum Gasteiger partial charge on any atom is 0.326 e. The van der Waals surface area contributed by atoms with E-state index in [2.05, 4.69) is 0 Å². The molecule has 1 unspecified atom stereocenters. The normalized spacial score (nSPS) is 11.0. The summed E-state index contributed by atoms with van der Waals surface area (Å²) in [6.07, 6.45) is -0.821. The number of hydrogen-bond donors (Lipinski definition) is 4. The van der Waals surface area contributed by atoms with Crippen LogP contribution >= 0.6 is 0 Å². The molecule has 0 heterocycles. The number of aliphatic carboxylic acids is 2. The number of benzene rings is 1. The molecule has 4 N–H and O–H groups in total. The van der Waals surface area contributed by atoms with E-state index in [0.717, 1.165) is 12.1 Å². The van der Waals surface area contributed by atoms with Crippen molar-refractivity contribution in [3.8, 4) is 6.07 Å². The summed E-state index contributed by atoms with van der Waals surface area (Å²) < 4.78 is 13.5. The molecule has 9 heteroatoms. The first-order chi connectivity index (χ1) is 9.83. The second-order valence-corrected chi connectivity index (χ2v) is 3.89. The Labute approximate surface area is 117 Å². The monoisotopic (exact) mass is 295 g/mol. The van der Waals surface area contributed by atoms with Gasteiger partial charge in [0.15, 0.2) is 0 Å². The molecule has 0 aliphatic carbocycles. The highest BCUT2D eigenvalue weighted by Crippen LogP contribution is 2.15. The standard InChI is InChI=1S/C12H10FN3O5/c13-7-3-6(5-14)1-2-8(7)15-12(21)16-9(11(19)20)4-10(17)18/h1-3,9H,4H2,(H,17,18)(H,19,20)(H2,15,16,21). The fourth-order valence-electron chi connectivity index (χ4n) is 1.38. The molecule has 0 saturated carbocycles. The molecule has 2 amide bonds. The number of anilines is 1. The minimum Gasteiger partial charge on any atom is -0.481 e. The lowest BCUT2D eigenvalue weighted by Crippen LogP contribution is -2.44. The van der Waals surface area contributed by atoms with Gasteiger partial charge in [0, 0.05) is 0 Å². The van der Waals surface area contributed by atoms with E-state index in [1.807, 2.05) is 10.6 Å². The van der Waals surface area contributed by atoms with Gasteiger partial charge in [-0.15, -0.1) is 0 Å². The summed E-state index contributed by atoms with van der Waals surface area (Å²) in [5.74, 6) is -3.82. The van der Waals surface area contributed by atoms with Crippen LogP contribution in [0.5, 0.6) is 0 Å². The molecule has 1 aromatic carbocycles. The molecule has 0 aromatic heterocycles. The number of carbonyl (C=O) groups is 3. The second kappa shape index (κ2) is 6.85. The summed E-state index contributed by atoms with van der Waals surface area (Å²) in [5.41, 5.74) is -0.223. The third-order valence-electron chi connectivity index (χ3n) is 2.33. The number of hydrogen-bond acceptors (Lipinski definition) is 4. The third-order valence-corrected chi connectivity index (χ3v) is 2.33. The SMILES string of the molecule is N#Cc1ccc(NC(=O)NC(CC(=O)O)C(=O)O)c(F)c1. The highest BCUT2D eigenvalue weighted by atomic mass is 19.1. The van der Waals surface area contributed by atoms with Crippen LogP contribution in [0, 0.1) is 17.1 Å². The molecule has 0 aliphatic rings. The van der Waals surface area contributed by atoms with E-state index in [0.29, 0.717) is 0 Å². The summed E-state index contributed by atoms with van der Waals surface area (Å²) in [7, 11) is 0. The first-order valence-electron chi connectivity index (χ1n) is 5.55. The van der Waals surface area contributed by atoms with E-state index in [-0.39, 0.29) is 11.3 Å². The number of carboxylic acid groups (broad SMARTS) is 2. The fourth-order valence-corrected chi connectivity index (χ4v) is 1.38. The predicted molar refractivity (Wildman–Crippen MR) is 66.9 cm³/mol. The summed E-state index contributed by atoms with van der Waals surface area (Å²) in [5, 5.41) is 29.7. The highest BCUT2D eigenvalue weighted by Gasteiger charge is 2.23. The van der Waals surface area contributed by atoms with Crippen LogP contribution < -0.4 is 10.6 Å². The minimum absolute atomic E-state index is 0.0488. The zero-order chi connectivity index (χ0) is 16.0. The van der Waals surface area contributed by atoms with Gasteiger partial charge >= 0.3 is 18.0 Å². The quantitative estimate of drug-likeness (QED) is 0.632. The Morgan fingerprint density at radius 1 is 1.33 bits per heavy atom. The summed E-state index contributed by atoms with van der Waals surface area (Å²) >= 11 is 0. The fraction of sp³-hybridized carbons (Fsp3) is 0.167. The molecule has 0 bridgehead atoms. The Kier molecular flexibility index (Phi) is 5.19. The van der Waals surface area contributed by atoms with Gasteiger partial charge in [-0.3, -0.25) is 4.79 Å². The van der Waals surface area contributed by atoms with E-state index in [9.17, 15) is 18.8 Å². The van der Waals surface area contributed by atoms with E-state index >= 15 is 0 Å². The van der Waals surface area contributed by atoms with Crippen LogP contribution in [0.1, 0.15) is 12.0 Å². The molecular formula is C12H10FN3O5. The van der Waals surface area contributed by atoms with Crippen molar-refractivity contribution in [3.63, 3.8) is 0 Å². The van der Waals surface area contributed by atoms with Crippen molar-refractivity contribution in [2.75, 3.05) is 5.32 Å². The molecule has 0 fully saturated rings. The molecule has 0 aliphatic heterocycles. The molecule has 1 aromatic rings. The number of nitriles is 1. The van der Waals surface area contributed by atoms with Crippen molar-refractivity contribution in [1.82, 2.24) is 5.32 Å². The largest absolute Gasteiger partial charge is 0.481 e. The number of rotatable bonds is 5. The Balaban J connectivity index is 2.75. The molecule has 0 saturated heterocycles. The van der Waals surface area contributed by atoms with Gasteiger partial charge in [-0.2, -0.15) is 5.26 Å². The Bertz CT molecular complexity index is 626. The van der Waals surface area contributed by atoms with Gasteiger partial charge in [0.25, 0.3) is 0 Å². The third kappa shape index (κ3) is 4.79. The van der Waals surface area contributed by atoms with Crippen molar-refractivity contribution < 1.29 is 29.0 Å². The number of carbonyl (C=O) groups excluding carboxylic acids is 1. The minimum atomic E-state index is -1.65. The number of nitrogens with one attached hydrogen (secondary N) is 2. The van der Waals surface area contributed by atoms with E-state index in [1.165, 1.54) is 6.07 Å². The summed E-state index contributed by atoms with van der Waals surface area (Å²) in [6.45, 7) is 0. The van der Waals surface area contributed by atoms with Gasteiger partial charge in [-0.05, 0) is 18.2 Å². The van der Waals surface area contributed by atoms with Crippen LogP contribution in [0.2, 0.25) is 0 Å². The van der Waals surface area contributed by atoms with Gasteiger partial charge in [0.1, 0.15) is 11.9 Å². The lowest BCUT2D eigenvalue weighted by atomic mass is 10.2. The topological polar surface area (TPSA) is 140 Å². The zero-order valence-corrected chi connectivity index (χ0v) is 10.5. The average Bonchev–Trinajstić information content (AvgIpc) is 2.39. The van der Waals surface area contributed by atoms with Crippen molar-refractivity contribution in [1.29, 1.82) is 5.26 Å². The number of halogens is 1.